The van der Waals surface area contributed by atoms with Crippen molar-refractivity contribution in [3.05, 3.63) is 64.2 Å². The topological polar surface area (TPSA) is 29.3 Å². The molecule has 0 fully saturated rings. The fourth-order valence-corrected chi connectivity index (χ4v) is 2.41. The smallest absolute Gasteiger partial charge is 0.0428 e. The Morgan fingerprint density at radius 3 is 2.53 bits per heavy atom. The molecule has 0 aliphatic carbocycles. The number of hydrogen-bond acceptors (Lipinski definition) is 2. The molecule has 0 aromatic heterocycles. The molecule has 2 N–H and O–H groups in total. The van der Waals surface area contributed by atoms with Crippen molar-refractivity contribution in [3.8, 4) is 0 Å². The van der Waals surface area contributed by atoms with Gasteiger partial charge in [-0.25, -0.2) is 0 Å². The lowest BCUT2D eigenvalue weighted by Gasteiger charge is -2.23. The Hall–Kier alpha value is -1.51. The van der Waals surface area contributed by atoms with Gasteiger partial charge in [-0.1, -0.05) is 35.9 Å². The SMILES string of the molecule is Cc1ccccc1CN(C)c1ccc(Cl)cc1CN. The van der Waals surface area contributed by atoms with E-state index in [0.717, 1.165) is 22.8 Å². The van der Waals surface area contributed by atoms with E-state index < -0.39 is 0 Å². The molecule has 0 saturated carbocycles. The summed E-state index contributed by atoms with van der Waals surface area (Å²) in [5.74, 6) is 0. The second-order valence-electron chi connectivity index (χ2n) is 4.76. The van der Waals surface area contributed by atoms with Crippen molar-refractivity contribution in [1.29, 1.82) is 0 Å². The second-order valence-corrected chi connectivity index (χ2v) is 5.20. The zero-order valence-electron chi connectivity index (χ0n) is 11.4. The molecule has 0 amide bonds. The lowest BCUT2D eigenvalue weighted by molar-refractivity contribution is 0.897. The summed E-state index contributed by atoms with van der Waals surface area (Å²) in [6, 6.07) is 14.3. The number of hydrogen-bond donors (Lipinski definition) is 1. The van der Waals surface area contributed by atoms with Gasteiger partial charge in [0.05, 0.1) is 0 Å². The highest BCUT2D eigenvalue weighted by Gasteiger charge is 2.08. The zero-order valence-corrected chi connectivity index (χ0v) is 12.1. The molecule has 2 nitrogen and oxygen atoms in total. The van der Waals surface area contributed by atoms with Crippen molar-refractivity contribution in [2.75, 3.05) is 11.9 Å². The first kappa shape index (κ1) is 13.9. The Bertz CT molecular complexity index is 566. The first-order valence-corrected chi connectivity index (χ1v) is 6.73. The third kappa shape index (κ3) is 3.28. The molecule has 2 aromatic carbocycles. The molecule has 0 radical (unpaired) electrons. The van der Waals surface area contributed by atoms with Crippen molar-refractivity contribution in [2.45, 2.75) is 20.0 Å². The van der Waals surface area contributed by atoms with E-state index in [2.05, 4.69) is 43.1 Å². The van der Waals surface area contributed by atoms with Crippen LogP contribution in [0.3, 0.4) is 0 Å². The molecule has 0 atom stereocenters. The fraction of sp³-hybridized carbons (Fsp3) is 0.250. The van der Waals surface area contributed by atoms with Gasteiger partial charge in [-0.15, -0.1) is 0 Å². The van der Waals surface area contributed by atoms with Gasteiger partial charge < -0.3 is 10.6 Å². The Morgan fingerprint density at radius 2 is 1.84 bits per heavy atom. The third-order valence-electron chi connectivity index (χ3n) is 3.34. The van der Waals surface area contributed by atoms with Crippen LogP contribution in [0, 0.1) is 6.92 Å². The highest BCUT2D eigenvalue weighted by molar-refractivity contribution is 6.30. The van der Waals surface area contributed by atoms with E-state index in [1.54, 1.807) is 0 Å². The van der Waals surface area contributed by atoms with Gasteiger partial charge in [-0.3, -0.25) is 0 Å². The molecule has 19 heavy (non-hydrogen) atoms. The van der Waals surface area contributed by atoms with E-state index in [-0.39, 0.29) is 0 Å². The lowest BCUT2D eigenvalue weighted by atomic mass is 10.1. The lowest BCUT2D eigenvalue weighted by Crippen LogP contribution is -2.19. The van der Waals surface area contributed by atoms with Crippen LogP contribution in [0.2, 0.25) is 5.02 Å². The van der Waals surface area contributed by atoms with Gasteiger partial charge >= 0.3 is 0 Å². The number of benzene rings is 2. The second kappa shape index (κ2) is 6.09. The monoisotopic (exact) mass is 274 g/mol. The number of anilines is 1. The maximum atomic E-state index is 6.01. The number of rotatable bonds is 4. The van der Waals surface area contributed by atoms with Gasteiger partial charge in [0.2, 0.25) is 0 Å². The van der Waals surface area contributed by atoms with E-state index in [9.17, 15) is 0 Å². The Morgan fingerprint density at radius 1 is 1.11 bits per heavy atom. The molecule has 0 heterocycles. The molecule has 100 valence electrons. The molecule has 2 aromatic rings. The predicted molar refractivity (Wildman–Crippen MR) is 82.6 cm³/mol. The standard InChI is InChI=1S/C16H19ClN2/c1-12-5-3-4-6-13(12)11-19(2)16-8-7-15(17)9-14(16)10-18/h3-9H,10-11,18H2,1-2H3. The highest BCUT2D eigenvalue weighted by atomic mass is 35.5. The maximum absolute atomic E-state index is 6.01. The molecule has 0 unspecified atom stereocenters. The van der Waals surface area contributed by atoms with Crippen molar-refractivity contribution >= 4 is 17.3 Å². The van der Waals surface area contributed by atoms with E-state index in [4.69, 9.17) is 17.3 Å². The largest absolute Gasteiger partial charge is 0.370 e. The number of aryl methyl sites for hydroxylation is 1. The van der Waals surface area contributed by atoms with Crippen LogP contribution in [0.1, 0.15) is 16.7 Å². The van der Waals surface area contributed by atoms with E-state index in [0.29, 0.717) is 6.54 Å². The minimum Gasteiger partial charge on any atom is -0.370 e. The summed E-state index contributed by atoms with van der Waals surface area (Å²) in [5.41, 5.74) is 10.6. The van der Waals surface area contributed by atoms with Gasteiger partial charge in [0, 0.05) is 30.8 Å². The fourth-order valence-electron chi connectivity index (χ4n) is 2.22. The van der Waals surface area contributed by atoms with Crippen LogP contribution in [0.4, 0.5) is 5.69 Å². The van der Waals surface area contributed by atoms with E-state index in [1.165, 1.54) is 11.1 Å². The maximum Gasteiger partial charge on any atom is 0.0428 e. The average molecular weight is 275 g/mol. The van der Waals surface area contributed by atoms with Gasteiger partial charge in [-0.2, -0.15) is 0 Å². The molecule has 0 spiro atoms. The summed E-state index contributed by atoms with van der Waals surface area (Å²) in [7, 11) is 2.08. The van der Waals surface area contributed by atoms with Crippen LogP contribution >= 0.6 is 11.6 Å². The highest BCUT2D eigenvalue weighted by Crippen LogP contribution is 2.25. The molecule has 2 rings (SSSR count). The van der Waals surface area contributed by atoms with Gasteiger partial charge in [0.25, 0.3) is 0 Å². The van der Waals surface area contributed by atoms with Crippen LogP contribution in [-0.4, -0.2) is 7.05 Å². The Balaban J connectivity index is 2.25. The Kier molecular flexibility index (Phi) is 4.46. The molecule has 3 heteroatoms. The summed E-state index contributed by atoms with van der Waals surface area (Å²) in [4.78, 5) is 2.21. The molecule has 0 saturated heterocycles. The number of halogens is 1. The molecule has 0 aliphatic heterocycles. The minimum atomic E-state index is 0.494. The van der Waals surface area contributed by atoms with E-state index >= 15 is 0 Å². The summed E-state index contributed by atoms with van der Waals surface area (Å²) < 4.78 is 0. The van der Waals surface area contributed by atoms with Crippen molar-refractivity contribution in [1.82, 2.24) is 0 Å². The van der Waals surface area contributed by atoms with Gasteiger partial charge in [-0.05, 0) is 41.8 Å². The summed E-state index contributed by atoms with van der Waals surface area (Å²) in [6.45, 7) is 3.49. The molecule has 0 bridgehead atoms. The molecule has 0 aliphatic rings. The van der Waals surface area contributed by atoms with Crippen molar-refractivity contribution < 1.29 is 0 Å². The Labute approximate surface area is 119 Å². The van der Waals surface area contributed by atoms with Crippen LogP contribution in [0.25, 0.3) is 0 Å². The number of nitrogens with zero attached hydrogens (tertiary/aromatic N) is 1. The van der Waals surface area contributed by atoms with Crippen LogP contribution in [-0.2, 0) is 13.1 Å². The quantitative estimate of drug-likeness (QED) is 0.920. The summed E-state index contributed by atoms with van der Waals surface area (Å²) >= 11 is 6.01. The summed E-state index contributed by atoms with van der Waals surface area (Å²) in [5, 5.41) is 0.730. The average Bonchev–Trinajstić information content (AvgIpc) is 2.41. The van der Waals surface area contributed by atoms with Crippen molar-refractivity contribution in [3.63, 3.8) is 0 Å². The first-order chi connectivity index (χ1) is 9.11. The normalized spacial score (nSPS) is 10.5. The molecular formula is C16H19ClN2. The summed E-state index contributed by atoms with van der Waals surface area (Å²) in [6.07, 6.45) is 0. The molecular weight excluding hydrogens is 256 g/mol. The zero-order chi connectivity index (χ0) is 13.8. The number of nitrogens with two attached hydrogens (primary N) is 1. The third-order valence-corrected chi connectivity index (χ3v) is 3.58. The minimum absolute atomic E-state index is 0.494. The van der Waals surface area contributed by atoms with Crippen LogP contribution in [0.15, 0.2) is 42.5 Å². The van der Waals surface area contributed by atoms with Crippen LogP contribution in [0.5, 0.6) is 0 Å². The van der Waals surface area contributed by atoms with Gasteiger partial charge in [0.15, 0.2) is 0 Å². The van der Waals surface area contributed by atoms with E-state index in [1.807, 2.05) is 18.2 Å². The first-order valence-electron chi connectivity index (χ1n) is 6.36. The van der Waals surface area contributed by atoms with Crippen molar-refractivity contribution in [2.24, 2.45) is 5.73 Å². The van der Waals surface area contributed by atoms with Gasteiger partial charge in [0.1, 0.15) is 0 Å². The predicted octanol–water partition coefficient (Wildman–Crippen LogP) is 3.74. The van der Waals surface area contributed by atoms with Crippen LogP contribution < -0.4 is 10.6 Å².